The molecule has 0 aromatic heterocycles. The minimum absolute atomic E-state index is 0.0194. The van der Waals surface area contributed by atoms with E-state index in [0.717, 1.165) is 18.4 Å². The highest BCUT2D eigenvalue weighted by molar-refractivity contribution is 6.34. The number of fused-ring (bicyclic) bond motifs is 2. The molecule has 1 amide bonds. The van der Waals surface area contributed by atoms with Crippen LogP contribution in [0.3, 0.4) is 0 Å². The fourth-order valence-corrected chi connectivity index (χ4v) is 7.08. The minimum Gasteiger partial charge on any atom is -0.480 e. The van der Waals surface area contributed by atoms with E-state index in [4.69, 9.17) is 16.3 Å². The Kier molecular flexibility index (Phi) is 7.54. The number of aliphatic hydroxyl groups is 2. The van der Waals surface area contributed by atoms with Gasteiger partial charge < -0.3 is 25.6 Å². The SMILES string of the molecule is CNC(=O)c1cc2c(c(F)c1-c1c(Cl)c(F)cc3c1C[C@@](CN[C@H]1CC[C@](C)(O)CC1)(c1ccccc1)O3)CCC2O. The summed E-state index contributed by atoms with van der Waals surface area (Å²) in [6.07, 6.45) is 2.97. The first-order valence-corrected chi connectivity index (χ1v) is 14.9. The molecule has 0 spiro atoms. The molecule has 3 aromatic rings. The molecule has 3 aliphatic rings. The summed E-state index contributed by atoms with van der Waals surface area (Å²) in [5, 5.41) is 26.8. The summed E-state index contributed by atoms with van der Waals surface area (Å²) >= 11 is 6.63. The molecule has 1 heterocycles. The van der Waals surface area contributed by atoms with Crippen molar-refractivity contribution in [2.45, 2.75) is 75.2 Å². The monoisotopic (exact) mass is 596 g/mol. The van der Waals surface area contributed by atoms with Crippen molar-refractivity contribution in [3.05, 3.63) is 86.9 Å². The van der Waals surface area contributed by atoms with Crippen molar-refractivity contribution < 1.29 is 28.5 Å². The van der Waals surface area contributed by atoms with Gasteiger partial charge in [0.25, 0.3) is 5.91 Å². The molecule has 0 bridgehead atoms. The molecule has 222 valence electrons. The van der Waals surface area contributed by atoms with E-state index in [9.17, 15) is 15.0 Å². The van der Waals surface area contributed by atoms with Gasteiger partial charge in [0.05, 0.1) is 22.3 Å². The summed E-state index contributed by atoms with van der Waals surface area (Å²) in [6, 6.07) is 12.5. The van der Waals surface area contributed by atoms with Crippen molar-refractivity contribution in [1.29, 1.82) is 0 Å². The smallest absolute Gasteiger partial charge is 0.251 e. The van der Waals surface area contributed by atoms with Gasteiger partial charge in [0, 0.05) is 48.8 Å². The predicted molar refractivity (Wildman–Crippen MR) is 157 cm³/mol. The second kappa shape index (κ2) is 10.9. The van der Waals surface area contributed by atoms with Crippen molar-refractivity contribution in [3.8, 4) is 16.9 Å². The Morgan fingerprint density at radius 2 is 1.81 bits per heavy atom. The van der Waals surface area contributed by atoms with Crippen LogP contribution in [0.5, 0.6) is 5.75 Å². The molecule has 1 fully saturated rings. The van der Waals surface area contributed by atoms with Gasteiger partial charge in [-0.2, -0.15) is 0 Å². The lowest BCUT2D eigenvalue weighted by Gasteiger charge is -2.36. The van der Waals surface area contributed by atoms with Crippen LogP contribution in [-0.4, -0.2) is 41.4 Å². The third kappa shape index (κ3) is 4.98. The van der Waals surface area contributed by atoms with Crippen molar-refractivity contribution in [3.63, 3.8) is 0 Å². The zero-order valence-corrected chi connectivity index (χ0v) is 24.5. The number of amides is 1. The van der Waals surface area contributed by atoms with Crippen LogP contribution in [0.15, 0.2) is 42.5 Å². The molecule has 0 saturated heterocycles. The summed E-state index contributed by atoms with van der Waals surface area (Å²) in [7, 11) is 1.44. The van der Waals surface area contributed by atoms with E-state index in [-0.39, 0.29) is 39.9 Å². The van der Waals surface area contributed by atoms with Crippen LogP contribution in [0, 0.1) is 11.6 Å². The fourth-order valence-electron chi connectivity index (χ4n) is 6.81. The minimum atomic E-state index is -0.952. The molecule has 3 aromatic carbocycles. The molecular weight excluding hydrogens is 562 g/mol. The quantitative estimate of drug-likeness (QED) is 0.291. The number of rotatable bonds is 6. The first-order valence-electron chi connectivity index (χ1n) is 14.5. The lowest BCUT2D eigenvalue weighted by atomic mass is 9.82. The van der Waals surface area contributed by atoms with Crippen molar-refractivity contribution in [2.24, 2.45) is 0 Å². The Morgan fingerprint density at radius 3 is 2.50 bits per heavy atom. The number of hydrogen-bond acceptors (Lipinski definition) is 5. The Morgan fingerprint density at radius 1 is 1.10 bits per heavy atom. The van der Waals surface area contributed by atoms with Crippen LogP contribution in [0.2, 0.25) is 5.02 Å². The average molecular weight is 597 g/mol. The molecule has 6 rings (SSSR count). The largest absolute Gasteiger partial charge is 0.480 e. The summed E-state index contributed by atoms with van der Waals surface area (Å²) < 4.78 is 38.5. The molecule has 0 radical (unpaired) electrons. The van der Waals surface area contributed by atoms with E-state index >= 15 is 8.78 Å². The van der Waals surface area contributed by atoms with Gasteiger partial charge in [-0.3, -0.25) is 4.79 Å². The van der Waals surface area contributed by atoms with Crippen LogP contribution < -0.4 is 15.4 Å². The van der Waals surface area contributed by atoms with E-state index in [1.54, 1.807) is 0 Å². The van der Waals surface area contributed by atoms with Crippen LogP contribution in [0.1, 0.15) is 77.7 Å². The maximum absolute atomic E-state index is 16.4. The predicted octanol–water partition coefficient (Wildman–Crippen LogP) is 5.74. The topological polar surface area (TPSA) is 90.8 Å². The Hall–Kier alpha value is -3.04. The zero-order chi connectivity index (χ0) is 29.8. The molecule has 2 atom stereocenters. The lowest BCUT2D eigenvalue weighted by Crippen LogP contribution is -2.48. The van der Waals surface area contributed by atoms with Gasteiger partial charge >= 0.3 is 0 Å². The maximum atomic E-state index is 16.4. The zero-order valence-electron chi connectivity index (χ0n) is 23.7. The highest BCUT2D eigenvalue weighted by Crippen LogP contribution is 2.51. The van der Waals surface area contributed by atoms with Gasteiger partial charge in [0.1, 0.15) is 17.4 Å². The first kappa shape index (κ1) is 29.1. The van der Waals surface area contributed by atoms with Crippen LogP contribution in [-0.2, 0) is 18.4 Å². The summed E-state index contributed by atoms with van der Waals surface area (Å²) in [5.41, 5.74) is 0.421. The van der Waals surface area contributed by atoms with Gasteiger partial charge in [0.2, 0.25) is 0 Å². The third-order valence-electron chi connectivity index (χ3n) is 9.24. The molecule has 6 nitrogen and oxygen atoms in total. The molecule has 1 aliphatic heterocycles. The summed E-state index contributed by atoms with van der Waals surface area (Å²) in [6.45, 7) is 2.25. The van der Waals surface area contributed by atoms with E-state index in [1.807, 2.05) is 37.3 Å². The van der Waals surface area contributed by atoms with Crippen molar-refractivity contribution in [2.75, 3.05) is 13.6 Å². The molecule has 9 heteroatoms. The maximum Gasteiger partial charge on any atom is 0.251 e. The van der Waals surface area contributed by atoms with E-state index < -0.39 is 34.8 Å². The first-order chi connectivity index (χ1) is 20.0. The van der Waals surface area contributed by atoms with Crippen molar-refractivity contribution >= 4 is 17.5 Å². The number of hydrogen-bond donors (Lipinski definition) is 4. The average Bonchev–Trinajstić information content (AvgIpc) is 3.54. The molecule has 4 N–H and O–H groups in total. The Balaban J connectivity index is 1.47. The van der Waals surface area contributed by atoms with Gasteiger partial charge in [-0.25, -0.2) is 8.78 Å². The Bertz CT molecular complexity index is 1540. The van der Waals surface area contributed by atoms with Gasteiger partial charge in [-0.15, -0.1) is 0 Å². The van der Waals surface area contributed by atoms with E-state index in [1.165, 1.54) is 19.2 Å². The molecule has 1 unspecified atom stereocenters. The van der Waals surface area contributed by atoms with Crippen LogP contribution in [0.25, 0.3) is 11.1 Å². The highest BCUT2D eigenvalue weighted by Gasteiger charge is 2.45. The van der Waals surface area contributed by atoms with Gasteiger partial charge in [-0.05, 0) is 68.2 Å². The van der Waals surface area contributed by atoms with Crippen LogP contribution in [0.4, 0.5) is 8.78 Å². The van der Waals surface area contributed by atoms with E-state index in [2.05, 4.69) is 10.6 Å². The molecule has 1 saturated carbocycles. The highest BCUT2D eigenvalue weighted by atomic mass is 35.5. The summed E-state index contributed by atoms with van der Waals surface area (Å²) in [5.74, 6) is -1.78. The standard InChI is InChI=1S/C33H35ClF2N2O4/c1-32(41)12-10-19(11-13-32)38-17-33(18-6-4-3-5-7-18)16-23-26(42-33)15-24(35)29(34)27(23)28-22(31(40)37-2)14-21-20(30(28)36)8-9-25(21)39/h3-7,14-15,19,25,38-39,41H,8-13,16-17H2,1-2H3,(H,37,40)/t19-,25?,32-,33-/m1/s1. The van der Waals surface area contributed by atoms with Gasteiger partial charge in [0.15, 0.2) is 5.60 Å². The second-order valence-corrected chi connectivity index (χ2v) is 12.5. The van der Waals surface area contributed by atoms with Crippen molar-refractivity contribution in [1.82, 2.24) is 10.6 Å². The number of halogens is 3. The van der Waals surface area contributed by atoms with Gasteiger partial charge in [-0.1, -0.05) is 41.9 Å². The molecule has 2 aliphatic carbocycles. The fraction of sp³-hybridized carbons (Fsp3) is 0.424. The number of ether oxygens (including phenoxy) is 1. The molecule has 42 heavy (non-hydrogen) atoms. The third-order valence-corrected chi connectivity index (χ3v) is 9.61. The number of aliphatic hydroxyl groups excluding tert-OH is 1. The number of carbonyl (C=O) groups is 1. The summed E-state index contributed by atoms with van der Waals surface area (Å²) in [4.78, 5) is 13.1. The number of benzene rings is 3. The Labute approximate surface area is 249 Å². The van der Waals surface area contributed by atoms with Crippen LogP contribution >= 0.6 is 11.6 Å². The molecular formula is C33H35ClF2N2O4. The second-order valence-electron chi connectivity index (χ2n) is 12.1. The number of carbonyl (C=O) groups excluding carboxylic acids is 1. The number of nitrogens with one attached hydrogen (secondary N) is 2. The lowest BCUT2D eigenvalue weighted by molar-refractivity contribution is 0.0104. The van der Waals surface area contributed by atoms with E-state index in [0.29, 0.717) is 48.9 Å². The normalized spacial score (nSPS) is 26.5.